The average Bonchev–Trinajstić information content (AvgIpc) is 2.76. The number of hydrogen-bond acceptors (Lipinski definition) is 3. The number of ether oxygens (including phenoxy) is 1. The number of hydrogen-bond donors (Lipinski definition) is 1. The lowest BCUT2D eigenvalue weighted by atomic mass is 10.1. The molecular weight excluding hydrogens is 289 g/mol. The summed E-state index contributed by atoms with van der Waals surface area (Å²) >= 11 is 12.1. The highest BCUT2D eigenvalue weighted by Gasteiger charge is 2.31. The Kier molecular flexibility index (Phi) is 4.55. The maximum absolute atomic E-state index is 11.2. The van der Waals surface area contributed by atoms with Gasteiger partial charge in [0.25, 0.3) is 0 Å². The molecule has 0 saturated carbocycles. The van der Waals surface area contributed by atoms with Crippen molar-refractivity contribution in [1.82, 2.24) is 4.90 Å². The summed E-state index contributed by atoms with van der Waals surface area (Å²) in [6.45, 7) is 1.23. The van der Waals surface area contributed by atoms with Gasteiger partial charge in [-0.1, -0.05) is 23.2 Å². The predicted molar refractivity (Wildman–Crippen MR) is 74.1 cm³/mol. The van der Waals surface area contributed by atoms with Crippen LogP contribution in [0.2, 0.25) is 10.0 Å². The quantitative estimate of drug-likeness (QED) is 0.929. The Morgan fingerprint density at radius 2 is 2.26 bits per heavy atom. The normalized spacial score (nSPS) is 19.6. The topological polar surface area (TPSA) is 49.8 Å². The fourth-order valence-electron chi connectivity index (χ4n) is 2.47. The minimum atomic E-state index is -0.787. The Bertz CT molecular complexity index is 493. The van der Waals surface area contributed by atoms with Gasteiger partial charge in [-0.3, -0.25) is 9.69 Å². The Balaban J connectivity index is 2.25. The van der Waals surface area contributed by atoms with E-state index in [0.29, 0.717) is 28.8 Å². The lowest BCUT2D eigenvalue weighted by Crippen LogP contribution is -2.35. The van der Waals surface area contributed by atoms with Gasteiger partial charge in [0, 0.05) is 17.1 Å². The number of likely N-dealkylation sites (tertiary alicyclic amines) is 1. The van der Waals surface area contributed by atoms with Gasteiger partial charge in [0.05, 0.1) is 12.1 Å². The highest BCUT2D eigenvalue weighted by molar-refractivity contribution is 6.35. The van der Waals surface area contributed by atoms with Crippen LogP contribution >= 0.6 is 23.2 Å². The second-order valence-electron chi connectivity index (χ2n) is 4.55. The van der Waals surface area contributed by atoms with Gasteiger partial charge in [-0.25, -0.2) is 0 Å². The molecular formula is C13H15Cl2NO3. The SMILES string of the molecule is COc1c(Cl)cc(Cl)cc1CN1CCCC1C(=O)O. The van der Waals surface area contributed by atoms with E-state index in [9.17, 15) is 9.90 Å². The summed E-state index contributed by atoms with van der Waals surface area (Å²) < 4.78 is 5.27. The largest absolute Gasteiger partial charge is 0.495 e. The van der Waals surface area contributed by atoms with Crippen molar-refractivity contribution in [3.05, 3.63) is 27.7 Å². The van der Waals surface area contributed by atoms with Crippen LogP contribution in [0.1, 0.15) is 18.4 Å². The number of benzene rings is 1. The molecule has 6 heteroatoms. The van der Waals surface area contributed by atoms with E-state index < -0.39 is 12.0 Å². The molecule has 104 valence electrons. The third-order valence-electron chi connectivity index (χ3n) is 3.31. The van der Waals surface area contributed by atoms with Crippen molar-refractivity contribution in [1.29, 1.82) is 0 Å². The maximum Gasteiger partial charge on any atom is 0.320 e. The van der Waals surface area contributed by atoms with Crippen LogP contribution < -0.4 is 4.74 Å². The summed E-state index contributed by atoms with van der Waals surface area (Å²) in [6, 6.07) is 2.94. The molecule has 1 atom stereocenters. The summed E-state index contributed by atoms with van der Waals surface area (Å²) in [5.74, 6) is -0.230. The summed E-state index contributed by atoms with van der Waals surface area (Å²) in [6.07, 6.45) is 1.56. The van der Waals surface area contributed by atoms with Crippen molar-refractivity contribution in [3.8, 4) is 5.75 Å². The smallest absolute Gasteiger partial charge is 0.320 e. The fourth-order valence-corrected chi connectivity index (χ4v) is 3.09. The summed E-state index contributed by atoms with van der Waals surface area (Å²) in [7, 11) is 1.54. The first-order chi connectivity index (χ1) is 9.02. The molecule has 1 unspecified atom stereocenters. The van der Waals surface area contributed by atoms with E-state index in [2.05, 4.69) is 0 Å². The summed E-state index contributed by atoms with van der Waals surface area (Å²) in [5, 5.41) is 10.1. The standard InChI is InChI=1S/C13H15Cl2NO3/c1-19-12-8(5-9(14)6-10(12)15)7-16-4-2-3-11(16)13(17)18/h5-6,11H,2-4,7H2,1H3,(H,17,18). The van der Waals surface area contributed by atoms with E-state index in [1.807, 2.05) is 4.90 Å². The molecule has 0 amide bonds. The van der Waals surface area contributed by atoms with Crippen LogP contribution in [0.15, 0.2) is 12.1 Å². The van der Waals surface area contributed by atoms with Crippen molar-refractivity contribution < 1.29 is 14.6 Å². The van der Waals surface area contributed by atoms with Gasteiger partial charge in [0.15, 0.2) is 0 Å². The fraction of sp³-hybridized carbons (Fsp3) is 0.462. The number of methoxy groups -OCH3 is 1. The molecule has 19 heavy (non-hydrogen) atoms. The Morgan fingerprint density at radius 1 is 1.53 bits per heavy atom. The van der Waals surface area contributed by atoms with Gasteiger partial charge in [-0.2, -0.15) is 0 Å². The third-order valence-corrected chi connectivity index (χ3v) is 3.81. The van der Waals surface area contributed by atoms with E-state index in [1.165, 1.54) is 7.11 Å². The summed E-state index contributed by atoms with van der Waals surface area (Å²) in [5.41, 5.74) is 0.813. The molecule has 4 nitrogen and oxygen atoms in total. The van der Waals surface area contributed by atoms with Crippen LogP contribution in [0.25, 0.3) is 0 Å². The minimum absolute atomic E-state index is 0.441. The Morgan fingerprint density at radius 3 is 2.89 bits per heavy atom. The van der Waals surface area contributed by atoms with E-state index in [4.69, 9.17) is 27.9 Å². The van der Waals surface area contributed by atoms with Crippen LogP contribution in [0, 0.1) is 0 Å². The highest BCUT2D eigenvalue weighted by atomic mass is 35.5. The molecule has 0 aliphatic carbocycles. The predicted octanol–water partition coefficient (Wildman–Crippen LogP) is 3.05. The third kappa shape index (κ3) is 3.14. The zero-order valence-electron chi connectivity index (χ0n) is 10.5. The van der Waals surface area contributed by atoms with Gasteiger partial charge in [-0.05, 0) is 31.5 Å². The van der Waals surface area contributed by atoms with Crippen molar-refractivity contribution in [3.63, 3.8) is 0 Å². The Labute approximate surface area is 121 Å². The van der Waals surface area contributed by atoms with E-state index in [-0.39, 0.29) is 0 Å². The van der Waals surface area contributed by atoms with E-state index >= 15 is 0 Å². The summed E-state index contributed by atoms with van der Waals surface area (Å²) in [4.78, 5) is 13.1. The van der Waals surface area contributed by atoms with Gasteiger partial charge in [0.1, 0.15) is 11.8 Å². The van der Waals surface area contributed by atoms with Crippen molar-refractivity contribution >= 4 is 29.2 Å². The van der Waals surface area contributed by atoms with Crippen molar-refractivity contribution in [2.45, 2.75) is 25.4 Å². The molecule has 1 aliphatic heterocycles. The minimum Gasteiger partial charge on any atom is -0.495 e. The molecule has 0 spiro atoms. The van der Waals surface area contributed by atoms with Crippen LogP contribution in [0.4, 0.5) is 0 Å². The zero-order chi connectivity index (χ0) is 14.0. The van der Waals surface area contributed by atoms with Gasteiger partial charge >= 0.3 is 5.97 Å². The van der Waals surface area contributed by atoms with Crippen molar-refractivity contribution in [2.24, 2.45) is 0 Å². The zero-order valence-corrected chi connectivity index (χ0v) is 12.0. The molecule has 1 saturated heterocycles. The lowest BCUT2D eigenvalue weighted by molar-refractivity contribution is -0.142. The first-order valence-electron chi connectivity index (χ1n) is 6.01. The van der Waals surface area contributed by atoms with Gasteiger partial charge in [-0.15, -0.1) is 0 Å². The number of halogens is 2. The number of nitrogens with zero attached hydrogens (tertiary/aromatic N) is 1. The van der Waals surface area contributed by atoms with Gasteiger partial charge < -0.3 is 9.84 Å². The van der Waals surface area contributed by atoms with Crippen LogP contribution in [0.5, 0.6) is 5.75 Å². The second kappa shape index (κ2) is 5.99. The molecule has 1 aromatic rings. The highest BCUT2D eigenvalue weighted by Crippen LogP contribution is 2.34. The maximum atomic E-state index is 11.2. The van der Waals surface area contributed by atoms with E-state index in [0.717, 1.165) is 18.5 Å². The Hall–Kier alpha value is -0.970. The number of carboxylic acid groups (broad SMARTS) is 1. The molecule has 1 heterocycles. The molecule has 1 aromatic carbocycles. The second-order valence-corrected chi connectivity index (χ2v) is 5.39. The molecule has 0 aromatic heterocycles. The molecule has 1 fully saturated rings. The van der Waals surface area contributed by atoms with Crippen molar-refractivity contribution in [2.75, 3.05) is 13.7 Å². The van der Waals surface area contributed by atoms with E-state index in [1.54, 1.807) is 12.1 Å². The van der Waals surface area contributed by atoms with Crippen LogP contribution in [0.3, 0.4) is 0 Å². The lowest BCUT2D eigenvalue weighted by Gasteiger charge is -2.22. The first kappa shape index (κ1) is 14.4. The van der Waals surface area contributed by atoms with Crippen LogP contribution in [-0.4, -0.2) is 35.7 Å². The molecule has 0 radical (unpaired) electrons. The number of aliphatic carboxylic acids is 1. The molecule has 1 N–H and O–H groups in total. The number of carbonyl (C=O) groups is 1. The average molecular weight is 304 g/mol. The molecule has 2 rings (SSSR count). The number of rotatable bonds is 4. The number of carboxylic acids is 1. The van der Waals surface area contributed by atoms with Gasteiger partial charge in [0.2, 0.25) is 0 Å². The molecule has 0 bridgehead atoms. The monoisotopic (exact) mass is 303 g/mol. The first-order valence-corrected chi connectivity index (χ1v) is 6.77. The van der Waals surface area contributed by atoms with Crippen LogP contribution in [-0.2, 0) is 11.3 Å². The molecule has 1 aliphatic rings.